The lowest BCUT2D eigenvalue weighted by atomic mass is 10.2. The van der Waals surface area contributed by atoms with Gasteiger partial charge in [0.05, 0.1) is 6.20 Å². The molecule has 0 aliphatic heterocycles. The van der Waals surface area contributed by atoms with Gasteiger partial charge >= 0.3 is 0 Å². The number of nitrogen functional groups attached to an aromatic ring is 1. The lowest BCUT2D eigenvalue weighted by molar-refractivity contribution is 0.649. The first-order valence-corrected chi connectivity index (χ1v) is 5.05. The minimum Gasteiger partial charge on any atom is -0.369 e. The van der Waals surface area contributed by atoms with Crippen molar-refractivity contribution in [3.63, 3.8) is 0 Å². The molecule has 1 aromatic heterocycles. The molecule has 1 heterocycles. The zero-order valence-corrected chi connectivity index (χ0v) is 8.33. The van der Waals surface area contributed by atoms with E-state index in [1.165, 1.54) is 12.1 Å². The molecule has 0 aromatic carbocycles. The predicted molar refractivity (Wildman–Crippen MR) is 53.5 cm³/mol. The second kappa shape index (κ2) is 3.05. The summed E-state index contributed by atoms with van der Waals surface area (Å²) in [5.74, 6) is 2.22. The third kappa shape index (κ3) is 1.43. The van der Waals surface area contributed by atoms with Gasteiger partial charge in [-0.1, -0.05) is 13.8 Å². The highest BCUT2D eigenvalue weighted by atomic mass is 15.2. The lowest BCUT2D eigenvalue weighted by Gasteiger charge is -2.07. The Hall–Kier alpha value is -0.990. The molecule has 2 atom stereocenters. The van der Waals surface area contributed by atoms with E-state index in [1.807, 2.05) is 6.20 Å². The number of aromatic nitrogens is 2. The second-order valence-corrected chi connectivity index (χ2v) is 4.01. The van der Waals surface area contributed by atoms with Crippen LogP contribution in [0.4, 0.5) is 5.95 Å². The topological polar surface area (TPSA) is 43.8 Å². The first kappa shape index (κ1) is 8.60. The summed E-state index contributed by atoms with van der Waals surface area (Å²) in [5, 5.41) is 0. The van der Waals surface area contributed by atoms with E-state index in [-0.39, 0.29) is 0 Å². The average molecular weight is 179 g/mol. The number of rotatable bonds is 3. The van der Waals surface area contributed by atoms with Gasteiger partial charge in [-0.25, -0.2) is 4.98 Å². The fourth-order valence-electron chi connectivity index (χ4n) is 1.90. The van der Waals surface area contributed by atoms with Crippen molar-refractivity contribution in [1.29, 1.82) is 0 Å². The van der Waals surface area contributed by atoms with E-state index in [0.29, 0.717) is 5.95 Å². The molecule has 3 nitrogen and oxygen atoms in total. The van der Waals surface area contributed by atoms with Crippen LogP contribution in [-0.2, 0) is 6.54 Å². The van der Waals surface area contributed by atoms with Crippen LogP contribution in [0.15, 0.2) is 6.20 Å². The number of nitrogens with zero attached hydrogens (tertiary/aromatic N) is 2. The minimum atomic E-state index is 0.677. The van der Waals surface area contributed by atoms with Crippen LogP contribution in [0.3, 0.4) is 0 Å². The summed E-state index contributed by atoms with van der Waals surface area (Å²) in [6.45, 7) is 5.45. The van der Waals surface area contributed by atoms with Gasteiger partial charge in [-0.05, 0) is 18.8 Å². The molecule has 72 valence electrons. The van der Waals surface area contributed by atoms with Crippen LogP contribution in [0, 0.1) is 5.92 Å². The van der Waals surface area contributed by atoms with Gasteiger partial charge < -0.3 is 10.3 Å². The van der Waals surface area contributed by atoms with E-state index in [9.17, 15) is 0 Å². The molecule has 13 heavy (non-hydrogen) atoms. The molecule has 1 fully saturated rings. The summed E-state index contributed by atoms with van der Waals surface area (Å²) >= 11 is 0. The van der Waals surface area contributed by atoms with Crippen LogP contribution < -0.4 is 5.73 Å². The van der Waals surface area contributed by atoms with Crippen molar-refractivity contribution >= 4 is 5.95 Å². The van der Waals surface area contributed by atoms with Crippen molar-refractivity contribution < 1.29 is 0 Å². The Kier molecular flexibility index (Phi) is 2.02. The van der Waals surface area contributed by atoms with Crippen LogP contribution in [0.5, 0.6) is 0 Å². The minimum absolute atomic E-state index is 0.677. The highest BCUT2D eigenvalue weighted by Crippen LogP contribution is 2.47. The summed E-state index contributed by atoms with van der Waals surface area (Å²) in [6, 6.07) is 0. The monoisotopic (exact) mass is 179 g/mol. The average Bonchev–Trinajstić information content (AvgIpc) is 2.70. The number of imidazole rings is 1. The molecule has 0 radical (unpaired) electrons. The third-order valence-electron chi connectivity index (χ3n) is 2.85. The second-order valence-electron chi connectivity index (χ2n) is 4.01. The quantitative estimate of drug-likeness (QED) is 0.771. The van der Waals surface area contributed by atoms with Crippen molar-refractivity contribution in [1.82, 2.24) is 9.55 Å². The van der Waals surface area contributed by atoms with E-state index >= 15 is 0 Å². The zero-order chi connectivity index (χ0) is 9.42. The molecule has 0 bridgehead atoms. The van der Waals surface area contributed by atoms with Gasteiger partial charge in [-0.15, -0.1) is 0 Å². The summed E-state index contributed by atoms with van der Waals surface area (Å²) in [4.78, 5) is 4.17. The van der Waals surface area contributed by atoms with Crippen LogP contribution >= 0.6 is 0 Å². The largest absolute Gasteiger partial charge is 0.369 e. The molecule has 3 heteroatoms. The molecule has 1 saturated carbocycles. The number of hydrogen-bond acceptors (Lipinski definition) is 2. The summed E-state index contributed by atoms with van der Waals surface area (Å²) in [7, 11) is 0. The standard InChI is InChI=1S/C10H17N3/c1-3-4-13-9(6-12-10(13)11)8-5-7(8)2/h6-8H,3-5H2,1-2H3,(H2,11,12). The van der Waals surface area contributed by atoms with Crippen molar-refractivity contribution in [3.8, 4) is 0 Å². The molecule has 0 amide bonds. The van der Waals surface area contributed by atoms with E-state index < -0.39 is 0 Å². The Morgan fingerprint density at radius 1 is 1.69 bits per heavy atom. The Bertz CT molecular complexity index is 303. The fourth-order valence-corrected chi connectivity index (χ4v) is 1.90. The van der Waals surface area contributed by atoms with E-state index in [2.05, 4.69) is 23.4 Å². The van der Waals surface area contributed by atoms with Gasteiger partial charge in [0, 0.05) is 18.2 Å². The highest BCUT2D eigenvalue weighted by molar-refractivity contribution is 5.28. The number of hydrogen-bond donors (Lipinski definition) is 1. The Balaban J connectivity index is 2.24. The predicted octanol–water partition coefficient (Wildman–Crippen LogP) is 2.00. The molecule has 2 rings (SSSR count). The maximum absolute atomic E-state index is 5.79. The van der Waals surface area contributed by atoms with Crippen molar-refractivity contribution in [2.45, 2.75) is 39.2 Å². The molecule has 1 aliphatic carbocycles. The molecular formula is C10H17N3. The van der Waals surface area contributed by atoms with Crippen LogP contribution in [0.2, 0.25) is 0 Å². The Labute approximate surface area is 79.0 Å². The Morgan fingerprint density at radius 3 is 2.92 bits per heavy atom. The van der Waals surface area contributed by atoms with E-state index in [0.717, 1.165) is 24.8 Å². The summed E-state index contributed by atoms with van der Waals surface area (Å²) < 4.78 is 2.16. The molecule has 0 spiro atoms. The van der Waals surface area contributed by atoms with Gasteiger partial charge in [0.25, 0.3) is 0 Å². The smallest absolute Gasteiger partial charge is 0.200 e. The van der Waals surface area contributed by atoms with Crippen LogP contribution in [-0.4, -0.2) is 9.55 Å². The summed E-state index contributed by atoms with van der Waals surface area (Å²) in [6.07, 6.45) is 4.36. The van der Waals surface area contributed by atoms with Gasteiger partial charge in [0.2, 0.25) is 0 Å². The van der Waals surface area contributed by atoms with Gasteiger partial charge in [0.1, 0.15) is 0 Å². The van der Waals surface area contributed by atoms with Gasteiger partial charge in [-0.3, -0.25) is 0 Å². The molecule has 1 aromatic rings. The van der Waals surface area contributed by atoms with Gasteiger partial charge in [0.15, 0.2) is 5.95 Å². The fraction of sp³-hybridized carbons (Fsp3) is 0.700. The Morgan fingerprint density at radius 2 is 2.38 bits per heavy atom. The maximum Gasteiger partial charge on any atom is 0.200 e. The molecule has 0 saturated heterocycles. The van der Waals surface area contributed by atoms with Gasteiger partial charge in [-0.2, -0.15) is 0 Å². The van der Waals surface area contributed by atoms with Crippen LogP contribution in [0.1, 0.15) is 38.3 Å². The van der Waals surface area contributed by atoms with E-state index in [4.69, 9.17) is 5.73 Å². The zero-order valence-electron chi connectivity index (χ0n) is 8.33. The molecule has 2 N–H and O–H groups in total. The highest BCUT2D eigenvalue weighted by Gasteiger charge is 2.36. The van der Waals surface area contributed by atoms with Crippen molar-refractivity contribution in [2.75, 3.05) is 5.73 Å². The normalized spacial score (nSPS) is 26.3. The third-order valence-corrected chi connectivity index (χ3v) is 2.85. The van der Waals surface area contributed by atoms with Crippen molar-refractivity contribution in [2.24, 2.45) is 5.92 Å². The molecule has 1 aliphatic rings. The van der Waals surface area contributed by atoms with Crippen LogP contribution in [0.25, 0.3) is 0 Å². The van der Waals surface area contributed by atoms with Crippen molar-refractivity contribution in [3.05, 3.63) is 11.9 Å². The lowest BCUT2D eigenvalue weighted by Crippen LogP contribution is -2.06. The number of nitrogens with two attached hydrogens (primary N) is 1. The first-order valence-electron chi connectivity index (χ1n) is 5.05. The molecular weight excluding hydrogens is 162 g/mol. The summed E-state index contributed by atoms with van der Waals surface area (Å²) in [5.41, 5.74) is 7.13. The SMILES string of the molecule is CCCn1c(C2CC2C)cnc1N. The number of anilines is 1. The molecule has 2 unspecified atom stereocenters. The van der Waals surface area contributed by atoms with E-state index in [1.54, 1.807) is 0 Å². The first-order chi connectivity index (χ1) is 6.24. The maximum atomic E-state index is 5.79.